The van der Waals surface area contributed by atoms with Crippen LogP contribution in [0.3, 0.4) is 0 Å². The van der Waals surface area contributed by atoms with Crippen LogP contribution >= 0.6 is 22.9 Å². The SMILES string of the molecule is O=C(NCC(c1ccsc1)N1CCc2ccccc2C1)c1ccc(Cl)cc1. The molecule has 1 N–H and O–H groups in total. The van der Waals surface area contributed by atoms with Crippen molar-refractivity contribution >= 4 is 28.8 Å². The highest BCUT2D eigenvalue weighted by Gasteiger charge is 2.25. The minimum absolute atomic E-state index is 0.0655. The molecule has 1 unspecified atom stereocenters. The van der Waals surface area contributed by atoms with Crippen LogP contribution in [0.25, 0.3) is 0 Å². The molecule has 138 valence electrons. The van der Waals surface area contributed by atoms with Gasteiger partial charge < -0.3 is 5.32 Å². The summed E-state index contributed by atoms with van der Waals surface area (Å²) < 4.78 is 0. The topological polar surface area (TPSA) is 32.3 Å². The van der Waals surface area contributed by atoms with Gasteiger partial charge in [-0.05, 0) is 64.2 Å². The van der Waals surface area contributed by atoms with Crippen molar-refractivity contribution in [3.63, 3.8) is 0 Å². The van der Waals surface area contributed by atoms with Crippen LogP contribution in [0, 0.1) is 0 Å². The largest absolute Gasteiger partial charge is 0.350 e. The summed E-state index contributed by atoms with van der Waals surface area (Å²) in [5.41, 5.74) is 4.71. The Morgan fingerprint density at radius 3 is 2.63 bits per heavy atom. The summed E-state index contributed by atoms with van der Waals surface area (Å²) in [6, 6.07) is 18.0. The fourth-order valence-corrected chi connectivity index (χ4v) is 4.43. The van der Waals surface area contributed by atoms with Gasteiger partial charge in [0.1, 0.15) is 0 Å². The summed E-state index contributed by atoms with van der Waals surface area (Å²) in [6.07, 6.45) is 1.04. The van der Waals surface area contributed by atoms with Crippen molar-refractivity contribution in [3.05, 3.63) is 92.6 Å². The summed E-state index contributed by atoms with van der Waals surface area (Å²) in [5.74, 6) is -0.0655. The van der Waals surface area contributed by atoms with E-state index in [2.05, 4.69) is 51.3 Å². The molecule has 5 heteroatoms. The molecule has 0 saturated carbocycles. The number of halogens is 1. The van der Waals surface area contributed by atoms with Gasteiger partial charge in [-0.2, -0.15) is 11.3 Å². The highest BCUT2D eigenvalue weighted by Crippen LogP contribution is 2.28. The van der Waals surface area contributed by atoms with E-state index in [0.29, 0.717) is 17.1 Å². The molecule has 0 saturated heterocycles. The number of thiophene rings is 1. The van der Waals surface area contributed by atoms with E-state index in [9.17, 15) is 4.79 Å². The first-order valence-electron chi connectivity index (χ1n) is 9.07. The number of nitrogens with zero attached hydrogens (tertiary/aromatic N) is 1. The minimum atomic E-state index is -0.0655. The molecule has 0 fully saturated rings. The number of carbonyl (C=O) groups excluding carboxylic acids is 1. The maximum absolute atomic E-state index is 12.5. The molecule has 0 radical (unpaired) electrons. The Bertz CT molecular complexity index is 908. The van der Waals surface area contributed by atoms with Crippen molar-refractivity contribution < 1.29 is 4.79 Å². The third-order valence-electron chi connectivity index (χ3n) is 5.09. The van der Waals surface area contributed by atoms with Gasteiger partial charge in [0.15, 0.2) is 0 Å². The molecule has 1 amide bonds. The van der Waals surface area contributed by atoms with Gasteiger partial charge in [-0.15, -0.1) is 0 Å². The molecule has 3 aromatic rings. The van der Waals surface area contributed by atoms with Gasteiger partial charge in [-0.25, -0.2) is 0 Å². The Labute approximate surface area is 168 Å². The van der Waals surface area contributed by atoms with Gasteiger partial charge in [0.05, 0.1) is 6.04 Å². The first kappa shape index (κ1) is 18.2. The summed E-state index contributed by atoms with van der Waals surface area (Å²) >= 11 is 7.61. The molecular formula is C22H21ClN2OS. The molecule has 2 heterocycles. The van der Waals surface area contributed by atoms with Crippen molar-refractivity contribution in [1.82, 2.24) is 10.2 Å². The Morgan fingerprint density at radius 1 is 1.11 bits per heavy atom. The number of amides is 1. The van der Waals surface area contributed by atoms with Gasteiger partial charge in [0.2, 0.25) is 0 Å². The second-order valence-corrected chi connectivity index (χ2v) is 8.00. The lowest BCUT2D eigenvalue weighted by Gasteiger charge is -2.35. The molecule has 0 spiro atoms. The molecule has 0 aliphatic carbocycles. The molecule has 0 bridgehead atoms. The van der Waals surface area contributed by atoms with Crippen LogP contribution in [0.5, 0.6) is 0 Å². The van der Waals surface area contributed by atoms with Crippen LogP contribution in [0.1, 0.15) is 33.1 Å². The predicted molar refractivity (Wildman–Crippen MR) is 111 cm³/mol. The van der Waals surface area contributed by atoms with E-state index in [0.717, 1.165) is 19.5 Å². The highest BCUT2D eigenvalue weighted by molar-refractivity contribution is 7.08. The lowest BCUT2D eigenvalue weighted by atomic mass is 9.97. The zero-order valence-electron chi connectivity index (χ0n) is 14.9. The number of carbonyl (C=O) groups is 1. The molecule has 4 rings (SSSR count). The van der Waals surface area contributed by atoms with Gasteiger partial charge >= 0.3 is 0 Å². The van der Waals surface area contributed by atoms with Gasteiger partial charge in [-0.1, -0.05) is 35.9 Å². The van der Waals surface area contributed by atoms with Crippen molar-refractivity contribution in [2.45, 2.75) is 19.0 Å². The van der Waals surface area contributed by atoms with E-state index in [1.54, 1.807) is 35.6 Å². The number of rotatable bonds is 5. The zero-order valence-corrected chi connectivity index (χ0v) is 16.5. The Kier molecular flexibility index (Phi) is 5.58. The van der Waals surface area contributed by atoms with Crippen LogP contribution in [0.15, 0.2) is 65.4 Å². The van der Waals surface area contributed by atoms with Gasteiger partial charge in [-0.3, -0.25) is 9.69 Å². The molecule has 1 aromatic heterocycles. The van der Waals surface area contributed by atoms with Crippen LogP contribution in [0.2, 0.25) is 5.02 Å². The molecule has 1 aliphatic rings. The van der Waals surface area contributed by atoms with Gasteiger partial charge in [0.25, 0.3) is 5.91 Å². The first-order valence-corrected chi connectivity index (χ1v) is 10.4. The van der Waals surface area contributed by atoms with E-state index < -0.39 is 0 Å². The maximum Gasteiger partial charge on any atom is 0.251 e. The monoisotopic (exact) mass is 396 g/mol. The normalized spacial score (nSPS) is 15.1. The van der Waals surface area contributed by atoms with Crippen molar-refractivity contribution in [2.24, 2.45) is 0 Å². The maximum atomic E-state index is 12.5. The minimum Gasteiger partial charge on any atom is -0.350 e. The van der Waals surface area contributed by atoms with E-state index in [1.165, 1.54) is 16.7 Å². The predicted octanol–water partition coefficient (Wildman–Crippen LogP) is 4.93. The molecule has 1 atom stereocenters. The second kappa shape index (κ2) is 8.26. The van der Waals surface area contributed by atoms with Crippen molar-refractivity contribution in [3.8, 4) is 0 Å². The lowest BCUT2D eigenvalue weighted by molar-refractivity contribution is 0.0928. The quantitative estimate of drug-likeness (QED) is 0.663. The van der Waals surface area contributed by atoms with E-state index in [-0.39, 0.29) is 11.9 Å². The van der Waals surface area contributed by atoms with Crippen molar-refractivity contribution in [1.29, 1.82) is 0 Å². The van der Waals surface area contributed by atoms with Crippen molar-refractivity contribution in [2.75, 3.05) is 13.1 Å². The van der Waals surface area contributed by atoms with Gasteiger partial charge in [0, 0.05) is 30.2 Å². The van der Waals surface area contributed by atoms with Crippen LogP contribution in [-0.2, 0) is 13.0 Å². The standard InChI is InChI=1S/C22H21ClN2OS/c23-20-7-5-17(6-8-20)22(26)24-13-21(19-10-12-27-15-19)25-11-9-16-3-1-2-4-18(16)14-25/h1-8,10,12,15,21H,9,11,13-14H2,(H,24,26). The van der Waals surface area contributed by atoms with Crippen LogP contribution < -0.4 is 5.32 Å². The molecule has 3 nitrogen and oxygen atoms in total. The number of benzene rings is 2. The van der Waals surface area contributed by atoms with E-state index in [1.807, 2.05) is 0 Å². The summed E-state index contributed by atoms with van der Waals surface area (Å²) in [7, 11) is 0. The number of hydrogen-bond acceptors (Lipinski definition) is 3. The highest BCUT2D eigenvalue weighted by atomic mass is 35.5. The molecule has 2 aromatic carbocycles. The molecule has 1 aliphatic heterocycles. The zero-order chi connectivity index (χ0) is 18.6. The lowest BCUT2D eigenvalue weighted by Crippen LogP contribution is -2.40. The second-order valence-electron chi connectivity index (χ2n) is 6.78. The number of fused-ring (bicyclic) bond motifs is 1. The molecular weight excluding hydrogens is 376 g/mol. The summed E-state index contributed by atoms with van der Waals surface area (Å²) in [5, 5.41) is 8.02. The van der Waals surface area contributed by atoms with E-state index in [4.69, 9.17) is 11.6 Å². The Morgan fingerprint density at radius 2 is 1.89 bits per heavy atom. The summed E-state index contributed by atoms with van der Waals surface area (Å²) in [4.78, 5) is 15.0. The average Bonchev–Trinajstić information content (AvgIpc) is 3.23. The smallest absolute Gasteiger partial charge is 0.251 e. The van der Waals surface area contributed by atoms with Crippen LogP contribution in [0.4, 0.5) is 0 Å². The first-order chi connectivity index (χ1) is 13.2. The fourth-order valence-electron chi connectivity index (χ4n) is 3.60. The van der Waals surface area contributed by atoms with Crippen LogP contribution in [-0.4, -0.2) is 23.9 Å². The third kappa shape index (κ3) is 4.24. The fraction of sp³-hybridized carbons (Fsp3) is 0.227. The summed E-state index contributed by atoms with van der Waals surface area (Å²) in [6.45, 7) is 2.49. The average molecular weight is 397 g/mol. The molecule has 27 heavy (non-hydrogen) atoms. The number of hydrogen-bond donors (Lipinski definition) is 1. The third-order valence-corrected chi connectivity index (χ3v) is 6.04. The Balaban J connectivity index is 1.49. The Hall–Kier alpha value is -2.14. The number of nitrogens with one attached hydrogen (secondary N) is 1. The van der Waals surface area contributed by atoms with E-state index >= 15 is 0 Å².